The molecule has 0 unspecified atom stereocenters. The lowest BCUT2D eigenvalue weighted by molar-refractivity contribution is 0.879. The van der Waals surface area contributed by atoms with Crippen molar-refractivity contribution in [3.05, 3.63) is 70.9 Å². The van der Waals surface area contributed by atoms with Crippen molar-refractivity contribution in [1.82, 2.24) is 4.57 Å². The largest absolute Gasteiger partial charge is 0.348 e. The summed E-state index contributed by atoms with van der Waals surface area (Å²) >= 11 is 0. The van der Waals surface area contributed by atoms with Gasteiger partial charge in [0, 0.05) is 23.6 Å². The van der Waals surface area contributed by atoms with E-state index in [1.54, 1.807) is 0 Å². The second-order valence-corrected chi connectivity index (χ2v) is 5.45. The van der Waals surface area contributed by atoms with Gasteiger partial charge in [-0.15, -0.1) is 0 Å². The van der Waals surface area contributed by atoms with Crippen LogP contribution in [0.5, 0.6) is 0 Å². The van der Waals surface area contributed by atoms with Crippen molar-refractivity contribution >= 4 is 10.9 Å². The van der Waals surface area contributed by atoms with Gasteiger partial charge >= 0.3 is 0 Å². The number of rotatable bonds is 3. The van der Waals surface area contributed by atoms with E-state index in [2.05, 4.69) is 61.0 Å². The van der Waals surface area contributed by atoms with Crippen molar-refractivity contribution in [2.24, 2.45) is 7.05 Å². The summed E-state index contributed by atoms with van der Waals surface area (Å²) in [5, 5.41) is 10.2. The highest BCUT2D eigenvalue weighted by atomic mass is 14.9. The number of para-hydroxylation sites is 1. The molecule has 0 aliphatic heterocycles. The lowest BCUT2D eigenvalue weighted by atomic mass is 10.0. The molecule has 0 fully saturated rings. The lowest BCUT2D eigenvalue weighted by Crippen LogP contribution is -1.95. The lowest BCUT2D eigenvalue weighted by Gasteiger charge is -2.04. The average molecular weight is 274 g/mol. The summed E-state index contributed by atoms with van der Waals surface area (Å²) in [6.07, 6.45) is 2.03. The zero-order valence-electron chi connectivity index (χ0n) is 12.4. The molecule has 1 heterocycles. The molecule has 3 aromatic rings. The molecule has 1 aromatic heterocycles. The minimum absolute atomic E-state index is 0.722. The van der Waals surface area contributed by atoms with E-state index < -0.39 is 0 Å². The Morgan fingerprint density at radius 2 is 1.71 bits per heavy atom. The van der Waals surface area contributed by atoms with E-state index >= 15 is 0 Å². The summed E-state index contributed by atoms with van der Waals surface area (Å²) in [5.41, 5.74) is 6.06. The maximum atomic E-state index is 8.84. The maximum Gasteiger partial charge on any atom is 0.0991 e. The van der Waals surface area contributed by atoms with E-state index in [4.69, 9.17) is 5.26 Å². The number of fused-ring (bicyclic) bond motifs is 1. The van der Waals surface area contributed by atoms with Gasteiger partial charge in [0.25, 0.3) is 0 Å². The molecule has 0 aliphatic carbocycles. The molecule has 2 aromatic carbocycles. The summed E-state index contributed by atoms with van der Waals surface area (Å²) in [6, 6.07) is 18.6. The van der Waals surface area contributed by atoms with Crippen molar-refractivity contribution in [3.63, 3.8) is 0 Å². The van der Waals surface area contributed by atoms with Gasteiger partial charge < -0.3 is 4.57 Å². The number of benzene rings is 2. The molecule has 2 heteroatoms. The Kier molecular flexibility index (Phi) is 3.50. The van der Waals surface area contributed by atoms with Crippen LogP contribution in [-0.2, 0) is 19.9 Å². The van der Waals surface area contributed by atoms with E-state index in [0.29, 0.717) is 0 Å². The fourth-order valence-electron chi connectivity index (χ4n) is 2.93. The van der Waals surface area contributed by atoms with Crippen molar-refractivity contribution < 1.29 is 0 Å². The molecule has 0 N–H and O–H groups in total. The number of nitrogens with zero attached hydrogens (tertiary/aromatic N) is 2. The number of nitriles is 1. The predicted octanol–water partition coefficient (Wildman–Crippen LogP) is 4.14. The Balaban J connectivity index is 1.88. The van der Waals surface area contributed by atoms with Crippen LogP contribution in [0.15, 0.2) is 48.5 Å². The quantitative estimate of drug-likeness (QED) is 0.705. The molecule has 0 atom stereocenters. The van der Waals surface area contributed by atoms with E-state index in [-0.39, 0.29) is 0 Å². The standard InChI is InChI=1S/C19H18N2/c1-14-17(18-5-3-4-6-19(18)21(14)2)12-11-15-7-9-16(13-20)10-8-15/h3-10H,11-12H2,1-2H3. The van der Waals surface area contributed by atoms with E-state index in [9.17, 15) is 0 Å². The van der Waals surface area contributed by atoms with Crippen LogP contribution in [0, 0.1) is 18.3 Å². The normalized spacial score (nSPS) is 10.7. The van der Waals surface area contributed by atoms with Crippen molar-refractivity contribution in [2.75, 3.05) is 0 Å². The van der Waals surface area contributed by atoms with Gasteiger partial charge in [-0.3, -0.25) is 0 Å². The van der Waals surface area contributed by atoms with Gasteiger partial charge in [-0.1, -0.05) is 30.3 Å². The monoisotopic (exact) mass is 274 g/mol. The molecular weight excluding hydrogens is 256 g/mol. The smallest absolute Gasteiger partial charge is 0.0991 e. The molecule has 2 nitrogen and oxygen atoms in total. The van der Waals surface area contributed by atoms with Gasteiger partial charge in [-0.25, -0.2) is 0 Å². The number of aryl methyl sites for hydroxylation is 3. The highest BCUT2D eigenvalue weighted by molar-refractivity contribution is 5.85. The second-order valence-electron chi connectivity index (χ2n) is 5.45. The van der Waals surface area contributed by atoms with Gasteiger partial charge in [0.15, 0.2) is 0 Å². The fourth-order valence-corrected chi connectivity index (χ4v) is 2.93. The van der Waals surface area contributed by atoms with Crippen molar-refractivity contribution in [3.8, 4) is 6.07 Å². The molecule has 0 spiro atoms. The third kappa shape index (κ3) is 2.43. The number of hydrogen-bond donors (Lipinski definition) is 0. The van der Waals surface area contributed by atoms with E-state index in [1.165, 1.54) is 27.7 Å². The SMILES string of the molecule is Cc1c(CCc2ccc(C#N)cc2)c2ccccc2n1C. The van der Waals surface area contributed by atoms with Crippen LogP contribution in [-0.4, -0.2) is 4.57 Å². The molecule has 0 saturated carbocycles. The van der Waals surface area contributed by atoms with Gasteiger partial charge in [-0.05, 0) is 49.1 Å². The van der Waals surface area contributed by atoms with Gasteiger partial charge in [0.05, 0.1) is 11.6 Å². The second kappa shape index (κ2) is 5.46. The van der Waals surface area contributed by atoms with Crippen LogP contribution >= 0.6 is 0 Å². The number of hydrogen-bond acceptors (Lipinski definition) is 1. The summed E-state index contributed by atoms with van der Waals surface area (Å²) in [5.74, 6) is 0. The summed E-state index contributed by atoms with van der Waals surface area (Å²) < 4.78 is 2.27. The third-order valence-corrected chi connectivity index (χ3v) is 4.28. The minimum Gasteiger partial charge on any atom is -0.348 e. The fraction of sp³-hybridized carbons (Fsp3) is 0.211. The summed E-state index contributed by atoms with van der Waals surface area (Å²) in [6.45, 7) is 2.19. The molecular formula is C19H18N2. The Bertz CT molecular complexity index is 817. The zero-order chi connectivity index (χ0) is 14.8. The van der Waals surface area contributed by atoms with E-state index in [0.717, 1.165) is 18.4 Å². The first-order chi connectivity index (χ1) is 10.2. The molecule has 0 aliphatic rings. The maximum absolute atomic E-state index is 8.84. The molecule has 3 rings (SSSR count). The van der Waals surface area contributed by atoms with Crippen LogP contribution in [0.2, 0.25) is 0 Å². The average Bonchev–Trinajstić information content (AvgIpc) is 2.78. The van der Waals surface area contributed by atoms with Gasteiger partial charge in [0.2, 0.25) is 0 Å². The molecule has 0 bridgehead atoms. The Hall–Kier alpha value is -2.53. The topological polar surface area (TPSA) is 28.7 Å². The summed E-state index contributed by atoms with van der Waals surface area (Å²) in [4.78, 5) is 0. The van der Waals surface area contributed by atoms with Gasteiger partial charge in [0.1, 0.15) is 0 Å². The van der Waals surface area contributed by atoms with Gasteiger partial charge in [-0.2, -0.15) is 5.26 Å². The van der Waals surface area contributed by atoms with Crippen LogP contribution in [0.25, 0.3) is 10.9 Å². The molecule has 0 radical (unpaired) electrons. The molecule has 0 amide bonds. The Labute approximate surface area is 125 Å². The molecule has 21 heavy (non-hydrogen) atoms. The third-order valence-electron chi connectivity index (χ3n) is 4.28. The van der Waals surface area contributed by atoms with Crippen LogP contribution in [0.1, 0.15) is 22.4 Å². The predicted molar refractivity (Wildman–Crippen MR) is 86.2 cm³/mol. The highest BCUT2D eigenvalue weighted by Gasteiger charge is 2.11. The Morgan fingerprint density at radius 3 is 2.43 bits per heavy atom. The number of aromatic nitrogens is 1. The van der Waals surface area contributed by atoms with E-state index in [1.807, 2.05) is 12.1 Å². The first-order valence-corrected chi connectivity index (χ1v) is 7.22. The zero-order valence-corrected chi connectivity index (χ0v) is 12.4. The van der Waals surface area contributed by atoms with Crippen molar-refractivity contribution in [2.45, 2.75) is 19.8 Å². The van der Waals surface area contributed by atoms with Crippen LogP contribution < -0.4 is 0 Å². The molecule has 104 valence electrons. The minimum atomic E-state index is 0.722. The first-order valence-electron chi connectivity index (χ1n) is 7.22. The summed E-state index contributed by atoms with van der Waals surface area (Å²) in [7, 11) is 2.13. The molecule has 0 saturated heterocycles. The Morgan fingerprint density at radius 1 is 1.00 bits per heavy atom. The first kappa shape index (κ1) is 13.5. The van der Waals surface area contributed by atoms with Crippen LogP contribution in [0.4, 0.5) is 0 Å². The van der Waals surface area contributed by atoms with Crippen LogP contribution in [0.3, 0.4) is 0 Å². The van der Waals surface area contributed by atoms with Crippen molar-refractivity contribution in [1.29, 1.82) is 5.26 Å². The highest BCUT2D eigenvalue weighted by Crippen LogP contribution is 2.26.